The van der Waals surface area contributed by atoms with Crippen LogP contribution >= 0.6 is 0 Å². The number of aliphatic hydroxyl groups excluding tert-OH is 1. The van der Waals surface area contributed by atoms with Crippen LogP contribution in [0.3, 0.4) is 0 Å². The summed E-state index contributed by atoms with van der Waals surface area (Å²) >= 11 is 0. The summed E-state index contributed by atoms with van der Waals surface area (Å²) in [7, 11) is 1.57. The predicted octanol–water partition coefficient (Wildman–Crippen LogP) is 7.33. The van der Waals surface area contributed by atoms with E-state index in [2.05, 4.69) is 5.32 Å². The van der Waals surface area contributed by atoms with Gasteiger partial charge in [0.2, 0.25) is 0 Å². The number of amides is 1. The number of methoxy groups -OCH3 is 1. The minimum atomic E-state index is -5.18. The summed E-state index contributed by atoms with van der Waals surface area (Å²) in [5.41, 5.74) is 2.18. The molecule has 2 aliphatic rings. The van der Waals surface area contributed by atoms with Crippen molar-refractivity contribution in [3.8, 4) is 11.5 Å². The number of aliphatic hydroxyl groups is 1. The second-order valence-electron chi connectivity index (χ2n) is 10.9. The van der Waals surface area contributed by atoms with Crippen molar-refractivity contribution >= 4 is 23.1 Å². The molecule has 3 aromatic rings. The topological polar surface area (TPSA) is 88.1 Å². The molecule has 1 heterocycles. The van der Waals surface area contributed by atoms with Crippen LogP contribution in [0.4, 0.5) is 24.5 Å². The van der Waals surface area contributed by atoms with E-state index in [1.807, 2.05) is 31.2 Å². The largest absolute Gasteiger partial charge is 0.497 e. The molecule has 0 spiro atoms. The fourth-order valence-corrected chi connectivity index (χ4v) is 5.41. The maximum Gasteiger partial charge on any atom is 0.471 e. The zero-order valence-electron chi connectivity index (χ0n) is 25.1. The lowest BCUT2D eigenvalue weighted by atomic mass is 9.78. The standard InChI is InChI=1S/C31H29F3N2O4.C3H8O/c1-3-16-40-27-11-7-4-8-22(27)29-28-24(17-20(18-26(28)37)19-12-14-21(39-2)15-13-19)35-23-9-5-6-10-25(23)36(29)30(38)31(32,33)34;1-3(2)4/h4-15,20,29,35H,3,16-18H2,1-2H3;3-4H,1-2H3. The average Bonchev–Trinajstić information content (AvgIpc) is 3.13. The highest BCUT2D eigenvalue weighted by molar-refractivity contribution is 6.08. The summed E-state index contributed by atoms with van der Waals surface area (Å²) in [6.45, 7) is 5.68. The number of carbonyl (C=O) groups excluding carboxylic acids is 2. The Hall–Kier alpha value is -4.31. The molecule has 44 heavy (non-hydrogen) atoms. The number of hydrogen-bond acceptors (Lipinski definition) is 6. The van der Waals surface area contributed by atoms with Crippen LogP contribution < -0.4 is 19.7 Å². The number of carbonyl (C=O) groups is 2. The molecule has 10 heteroatoms. The molecule has 2 N–H and O–H groups in total. The Labute approximate surface area is 255 Å². The Balaban J connectivity index is 0.00000104. The third-order valence-electron chi connectivity index (χ3n) is 7.21. The number of nitrogens with one attached hydrogen (secondary N) is 1. The molecular formula is C34H37F3N2O5. The molecule has 2 unspecified atom stereocenters. The molecule has 0 radical (unpaired) electrons. The van der Waals surface area contributed by atoms with Crippen molar-refractivity contribution in [1.82, 2.24) is 0 Å². The van der Waals surface area contributed by atoms with Gasteiger partial charge in [-0.2, -0.15) is 13.2 Å². The van der Waals surface area contributed by atoms with Crippen molar-refractivity contribution in [2.24, 2.45) is 0 Å². The third-order valence-corrected chi connectivity index (χ3v) is 7.21. The van der Waals surface area contributed by atoms with Gasteiger partial charge in [0.05, 0.1) is 31.1 Å². The molecule has 0 aromatic heterocycles. The molecule has 1 aliphatic carbocycles. The molecule has 1 aliphatic heterocycles. The fourth-order valence-electron chi connectivity index (χ4n) is 5.41. The van der Waals surface area contributed by atoms with Gasteiger partial charge in [-0.3, -0.25) is 14.5 Å². The molecule has 7 nitrogen and oxygen atoms in total. The zero-order chi connectivity index (χ0) is 32.0. The van der Waals surface area contributed by atoms with Crippen molar-refractivity contribution in [3.63, 3.8) is 0 Å². The van der Waals surface area contributed by atoms with Gasteiger partial charge in [0.15, 0.2) is 5.78 Å². The lowest BCUT2D eigenvalue weighted by molar-refractivity contribution is -0.170. The molecule has 0 bridgehead atoms. The number of anilines is 2. The maximum absolute atomic E-state index is 14.2. The molecule has 0 saturated carbocycles. The van der Waals surface area contributed by atoms with Crippen LogP contribution in [0.2, 0.25) is 0 Å². The minimum Gasteiger partial charge on any atom is -0.497 e. The molecule has 0 saturated heterocycles. The highest BCUT2D eigenvalue weighted by Crippen LogP contribution is 2.50. The first-order valence-electron chi connectivity index (χ1n) is 14.5. The second-order valence-corrected chi connectivity index (χ2v) is 10.9. The number of alkyl halides is 3. The van der Waals surface area contributed by atoms with Crippen molar-refractivity contribution in [2.75, 3.05) is 23.9 Å². The van der Waals surface area contributed by atoms with Crippen molar-refractivity contribution in [2.45, 2.75) is 64.3 Å². The van der Waals surface area contributed by atoms with Crippen LogP contribution in [0, 0.1) is 0 Å². The van der Waals surface area contributed by atoms with Crippen LogP contribution in [0.25, 0.3) is 0 Å². The Morgan fingerprint density at radius 1 is 1.02 bits per heavy atom. The number of Topliss-reactive ketones (excluding diaryl/α,β-unsaturated/α-hetero) is 1. The first kappa shape index (κ1) is 32.6. The molecular weight excluding hydrogens is 573 g/mol. The Kier molecular flexibility index (Phi) is 10.4. The molecule has 1 amide bonds. The Morgan fingerprint density at radius 3 is 2.30 bits per heavy atom. The van der Waals surface area contributed by atoms with Gasteiger partial charge < -0.3 is 19.9 Å². The number of ether oxygens (including phenoxy) is 2. The van der Waals surface area contributed by atoms with Gasteiger partial charge in [-0.15, -0.1) is 0 Å². The number of nitrogens with zero attached hydrogens (tertiary/aromatic N) is 1. The summed E-state index contributed by atoms with van der Waals surface area (Å²) in [6, 6.07) is 19.0. The number of fused-ring (bicyclic) bond motifs is 1. The van der Waals surface area contributed by atoms with E-state index in [9.17, 15) is 22.8 Å². The normalized spacial score (nSPS) is 17.9. The van der Waals surface area contributed by atoms with Crippen molar-refractivity contribution in [1.29, 1.82) is 0 Å². The first-order chi connectivity index (χ1) is 21.0. The third kappa shape index (κ3) is 7.24. The Bertz CT molecular complexity index is 1500. The Morgan fingerprint density at radius 2 is 1.66 bits per heavy atom. The summed E-state index contributed by atoms with van der Waals surface area (Å²) in [4.78, 5) is 27.8. The van der Waals surface area contributed by atoms with E-state index < -0.39 is 18.1 Å². The van der Waals surface area contributed by atoms with Gasteiger partial charge in [-0.1, -0.05) is 49.4 Å². The molecule has 0 fully saturated rings. The van der Waals surface area contributed by atoms with Crippen molar-refractivity contribution in [3.05, 3.63) is 95.2 Å². The van der Waals surface area contributed by atoms with Gasteiger partial charge >= 0.3 is 12.1 Å². The minimum absolute atomic E-state index is 0.0308. The van der Waals surface area contributed by atoms with Gasteiger partial charge in [-0.25, -0.2) is 0 Å². The number of rotatable bonds is 6. The van der Waals surface area contributed by atoms with E-state index in [1.165, 1.54) is 6.07 Å². The van der Waals surface area contributed by atoms with E-state index in [4.69, 9.17) is 14.6 Å². The maximum atomic E-state index is 14.2. The molecule has 3 aromatic carbocycles. The predicted molar refractivity (Wildman–Crippen MR) is 163 cm³/mol. The van der Waals surface area contributed by atoms with Crippen LogP contribution in [-0.4, -0.2) is 42.8 Å². The van der Waals surface area contributed by atoms with E-state index in [1.54, 1.807) is 63.4 Å². The fraction of sp³-hybridized carbons (Fsp3) is 0.353. The first-order valence-corrected chi connectivity index (χ1v) is 14.5. The average molecular weight is 611 g/mol. The van der Waals surface area contributed by atoms with Crippen molar-refractivity contribution < 1.29 is 37.3 Å². The summed E-state index contributed by atoms with van der Waals surface area (Å²) in [6.07, 6.45) is -4.24. The second kappa shape index (κ2) is 14.0. The summed E-state index contributed by atoms with van der Waals surface area (Å²) < 4.78 is 53.7. The SMILES string of the molecule is CC(C)O.CCCOc1ccccc1C1C2=C(CC(c3ccc(OC)cc3)CC2=O)Nc2ccccc2N1C(=O)C(F)(F)F. The number of benzene rings is 3. The van der Waals surface area contributed by atoms with Crippen LogP contribution in [0.1, 0.15) is 63.1 Å². The summed E-state index contributed by atoms with van der Waals surface area (Å²) in [5.74, 6) is -1.61. The van der Waals surface area contributed by atoms with Gasteiger partial charge in [-0.05, 0) is 68.5 Å². The highest BCUT2D eigenvalue weighted by atomic mass is 19.4. The quantitative estimate of drug-likeness (QED) is 0.304. The number of allylic oxidation sites excluding steroid dienone is 1. The molecule has 2 atom stereocenters. The number of para-hydroxylation sites is 3. The molecule has 5 rings (SSSR count). The van der Waals surface area contributed by atoms with E-state index in [-0.39, 0.29) is 35.5 Å². The molecule has 234 valence electrons. The van der Waals surface area contributed by atoms with E-state index in [0.29, 0.717) is 52.8 Å². The van der Waals surface area contributed by atoms with Gasteiger partial charge in [0, 0.05) is 29.4 Å². The monoisotopic (exact) mass is 610 g/mol. The lowest BCUT2D eigenvalue weighted by Crippen LogP contribution is -2.45. The van der Waals surface area contributed by atoms with Crippen LogP contribution in [0.5, 0.6) is 11.5 Å². The smallest absolute Gasteiger partial charge is 0.471 e. The highest BCUT2D eigenvalue weighted by Gasteiger charge is 2.50. The number of ketones is 1. The lowest BCUT2D eigenvalue weighted by Gasteiger charge is -2.36. The van der Waals surface area contributed by atoms with Gasteiger partial charge in [0.25, 0.3) is 0 Å². The van der Waals surface area contributed by atoms with E-state index >= 15 is 0 Å². The van der Waals surface area contributed by atoms with Crippen LogP contribution in [0.15, 0.2) is 84.1 Å². The summed E-state index contributed by atoms with van der Waals surface area (Å²) in [5, 5.41) is 11.3. The van der Waals surface area contributed by atoms with E-state index in [0.717, 1.165) is 5.56 Å². The number of halogens is 3. The van der Waals surface area contributed by atoms with Crippen LogP contribution in [-0.2, 0) is 9.59 Å². The zero-order valence-corrected chi connectivity index (χ0v) is 25.1. The number of hydrogen-bond donors (Lipinski definition) is 2. The van der Waals surface area contributed by atoms with Gasteiger partial charge in [0.1, 0.15) is 11.5 Å².